The van der Waals surface area contributed by atoms with Crippen LogP contribution in [0.25, 0.3) is 10.3 Å². The summed E-state index contributed by atoms with van der Waals surface area (Å²) in [4.78, 5) is 21.6. The fourth-order valence-corrected chi connectivity index (χ4v) is 4.10. The van der Waals surface area contributed by atoms with Gasteiger partial charge in [0.25, 0.3) is 0 Å². The lowest BCUT2D eigenvalue weighted by molar-refractivity contribution is 0.191. The number of halogens is 1. The van der Waals surface area contributed by atoms with E-state index in [0.717, 1.165) is 41.7 Å². The molecule has 0 amide bonds. The minimum Gasteiger partial charge on any atom is -0.353 e. The first-order valence-electron chi connectivity index (χ1n) is 8.70. The number of hydrogen-bond donors (Lipinski definition) is 0. The number of aromatic nitrogens is 4. The highest BCUT2D eigenvalue weighted by molar-refractivity contribution is 7.18. The molecule has 0 N–H and O–H groups in total. The Hall–Kier alpha value is -2.70. The number of fused-ring (bicyclic) bond motifs is 1. The van der Waals surface area contributed by atoms with Gasteiger partial charge in [0.15, 0.2) is 11.3 Å². The van der Waals surface area contributed by atoms with Crippen LogP contribution in [0.1, 0.15) is 29.4 Å². The number of nitriles is 1. The molecule has 0 aromatic carbocycles. The van der Waals surface area contributed by atoms with E-state index >= 15 is 0 Å². The Morgan fingerprint density at radius 2 is 1.96 bits per heavy atom. The van der Waals surface area contributed by atoms with E-state index in [1.165, 1.54) is 17.5 Å². The normalized spacial score (nSPS) is 16.4. The van der Waals surface area contributed by atoms with Crippen molar-refractivity contribution in [2.75, 3.05) is 31.1 Å². The fraction of sp³-hybridized carbons (Fsp3) is 0.389. The van der Waals surface area contributed by atoms with Crippen molar-refractivity contribution >= 4 is 27.5 Å². The van der Waals surface area contributed by atoms with Gasteiger partial charge < -0.3 is 4.90 Å². The molecule has 0 radical (unpaired) electrons. The summed E-state index contributed by atoms with van der Waals surface area (Å²) in [7, 11) is 0. The van der Waals surface area contributed by atoms with Gasteiger partial charge in [-0.1, -0.05) is 0 Å². The number of thiazole rings is 1. The zero-order chi connectivity index (χ0) is 19.0. The molecule has 3 aromatic heterocycles. The summed E-state index contributed by atoms with van der Waals surface area (Å²) in [5.41, 5.74) is 1.37. The summed E-state index contributed by atoms with van der Waals surface area (Å²) in [6, 6.07) is 3.38. The van der Waals surface area contributed by atoms with E-state index in [1.807, 2.05) is 19.9 Å². The molecule has 0 unspecified atom stereocenters. The van der Waals surface area contributed by atoms with Crippen LogP contribution in [0, 0.1) is 24.1 Å². The Morgan fingerprint density at radius 3 is 2.63 bits per heavy atom. The van der Waals surface area contributed by atoms with Crippen molar-refractivity contribution in [3.8, 4) is 6.07 Å². The first-order valence-corrected chi connectivity index (χ1v) is 9.51. The summed E-state index contributed by atoms with van der Waals surface area (Å²) in [6.45, 7) is 6.91. The van der Waals surface area contributed by atoms with E-state index < -0.39 is 0 Å². The van der Waals surface area contributed by atoms with Crippen molar-refractivity contribution in [2.45, 2.75) is 19.9 Å². The summed E-state index contributed by atoms with van der Waals surface area (Å²) in [6.07, 6.45) is 3.10. The van der Waals surface area contributed by atoms with Crippen LogP contribution in [0.3, 0.4) is 0 Å². The van der Waals surface area contributed by atoms with Gasteiger partial charge in [-0.2, -0.15) is 5.26 Å². The predicted octanol–water partition coefficient (Wildman–Crippen LogP) is 2.68. The second-order valence-corrected chi connectivity index (χ2v) is 7.72. The first-order chi connectivity index (χ1) is 13.0. The second-order valence-electron chi connectivity index (χ2n) is 6.48. The Balaban J connectivity index is 1.47. The van der Waals surface area contributed by atoms with Crippen LogP contribution in [-0.2, 0) is 0 Å². The van der Waals surface area contributed by atoms with Gasteiger partial charge in [-0.15, -0.1) is 11.3 Å². The summed E-state index contributed by atoms with van der Waals surface area (Å²) >= 11 is 1.46. The predicted molar refractivity (Wildman–Crippen MR) is 101 cm³/mol. The smallest absolute Gasteiger partial charge is 0.171 e. The zero-order valence-corrected chi connectivity index (χ0v) is 15.9. The van der Waals surface area contributed by atoms with Crippen LogP contribution in [0.5, 0.6) is 0 Å². The average molecular weight is 383 g/mol. The fourth-order valence-electron chi connectivity index (χ4n) is 3.31. The van der Waals surface area contributed by atoms with E-state index in [2.05, 4.69) is 29.7 Å². The second kappa shape index (κ2) is 7.13. The highest BCUT2D eigenvalue weighted by Gasteiger charge is 2.26. The molecular formula is C18H18FN7S. The number of pyridine rings is 1. The lowest BCUT2D eigenvalue weighted by atomic mass is 10.1. The van der Waals surface area contributed by atoms with Crippen LogP contribution >= 0.6 is 11.3 Å². The van der Waals surface area contributed by atoms with Crippen molar-refractivity contribution in [3.63, 3.8) is 0 Å². The minimum absolute atomic E-state index is 0.134. The summed E-state index contributed by atoms with van der Waals surface area (Å²) < 4.78 is 15.4. The van der Waals surface area contributed by atoms with Gasteiger partial charge in [0, 0.05) is 26.2 Å². The van der Waals surface area contributed by atoms with Crippen molar-refractivity contribution < 1.29 is 4.39 Å². The maximum atomic E-state index is 14.6. The third-order valence-corrected chi connectivity index (χ3v) is 5.71. The molecule has 1 aliphatic rings. The lowest BCUT2D eigenvalue weighted by Crippen LogP contribution is -2.47. The number of anilines is 1. The van der Waals surface area contributed by atoms with E-state index in [0.29, 0.717) is 17.0 Å². The molecule has 0 aliphatic carbocycles. The molecule has 9 heteroatoms. The molecule has 1 aliphatic heterocycles. The van der Waals surface area contributed by atoms with Gasteiger partial charge in [-0.3, -0.25) is 4.90 Å². The Kier molecular flexibility index (Phi) is 4.68. The molecule has 0 bridgehead atoms. The van der Waals surface area contributed by atoms with Gasteiger partial charge in [-0.05, 0) is 19.9 Å². The zero-order valence-electron chi connectivity index (χ0n) is 15.1. The maximum Gasteiger partial charge on any atom is 0.171 e. The first kappa shape index (κ1) is 17.7. The largest absolute Gasteiger partial charge is 0.353 e. The lowest BCUT2D eigenvalue weighted by Gasteiger charge is -2.38. The highest BCUT2D eigenvalue weighted by atomic mass is 32.1. The SMILES string of the molecule is Cc1nc2nc([C@@H](C)N3CCN(c4cnc(C#N)cn4)CC3)c(F)cc2s1. The van der Waals surface area contributed by atoms with Crippen molar-refractivity contribution in [3.05, 3.63) is 40.7 Å². The molecule has 27 heavy (non-hydrogen) atoms. The molecule has 0 saturated carbocycles. The monoisotopic (exact) mass is 383 g/mol. The van der Waals surface area contributed by atoms with E-state index in [-0.39, 0.29) is 11.9 Å². The average Bonchev–Trinajstić information content (AvgIpc) is 3.06. The van der Waals surface area contributed by atoms with Gasteiger partial charge in [-0.25, -0.2) is 24.3 Å². The van der Waals surface area contributed by atoms with Crippen LogP contribution in [0.15, 0.2) is 18.5 Å². The Morgan fingerprint density at radius 1 is 1.19 bits per heavy atom. The van der Waals surface area contributed by atoms with E-state index in [9.17, 15) is 4.39 Å². The molecule has 1 atom stereocenters. The minimum atomic E-state index is -0.279. The highest BCUT2D eigenvalue weighted by Crippen LogP contribution is 2.28. The van der Waals surface area contributed by atoms with Gasteiger partial charge in [0.1, 0.15) is 17.7 Å². The quantitative estimate of drug-likeness (QED) is 0.688. The third kappa shape index (κ3) is 3.46. The number of hydrogen-bond acceptors (Lipinski definition) is 8. The standard InChI is InChI=1S/C18H18FN7S/c1-11(17-14(19)7-15-18(24-17)23-12(2)27-15)25-3-5-26(6-4-25)16-10-21-13(8-20)9-22-16/h7,9-11H,3-6H2,1-2H3/t11-/m1/s1. The number of aryl methyl sites for hydroxylation is 1. The number of nitrogens with zero attached hydrogens (tertiary/aromatic N) is 7. The van der Waals surface area contributed by atoms with Crippen molar-refractivity contribution in [2.24, 2.45) is 0 Å². The Bertz CT molecular complexity index is 1000. The molecule has 0 spiro atoms. The number of piperazine rings is 1. The molecule has 7 nitrogen and oxygen atoms in total. The molecule has 4 rings (SSSR count). The van der Waals surface area contributed by atoms with E-state index in [1.54, 1.807) is 12.3 Å². The van der Waals surface area contributed by atoms with Crippen LogP contribution in [0.4, 0.5) is 10.2 Å². The van der Waals surface area contributed by atoms with Crippen LogP contribution in [-0.4, -0.2) is 51.0 Å². The van der Waals surface area contributed by atoms with Crippen LogP contribution < -0.4 is 4.90 Å². The van der Waals surface area contributed by atoms with Crippen molar-refractivity contribution in [1.29, 1.82) is 5.26 Å². The van der Waals surface area contributed by atoms with Gasteiger partial charge in [0.2, 0.25) is 0 Å². The van der Waals surface area contributed by atoms with E-state index in [4.69, 9.17) is 5.26 Å². The van der Waals surface area contributed by atoms with Gasteiger partial charge >= 0.3 is 0 Å². The molecule has 1 fully saturated rings. The van der Waals surface area contributed by atoms with Crippen molar-refractivity contribution in [1.82, 2.24) is 24.8 Å². The number of rotatable bonds is 3. The Labute approximate surface area is 160 Å². The summed E-state index contributed by atoms with van der Waals surface area (Å²) in [5.74, 6) is 0.476. The van der Waals surface area contributed by atoms with Crippen LogP contribution in [0.2, 0.25) is 0 Å². The third-order valence-electron chi connectivity index (χ3n) is 4.80. The molecule has 4 heterocycles. The molecule has 3 aromatic rings. The summed E-state index contributed by atoms with van der Waals surface area (Å²) in [5, 5.41) is 9.71. The van der Waals surface area contributed by atoms with Gasteiger partial charge in [0.05, 0.1) is 33.8 Å². The maximum absolute atomic E-state index is 14.6. The molecular weight excluding hydrogens is 365 g/mol. The topological polar surface area (TPSA) is 81.8 Å². The molecule has 138 valence electrons. The molecule has 1 saturated heterocycles.